The van der Waals surface area contributed by atoms with Gasteiger partial charge in [-0.15, -0.1) is 0 Å². The van der Waals surface area contributed by atoms with Gasteiger partial charge >= 0.3 is 0 Å². The lowest BCUT2D eigenvalue weighted by atomic mass is 10.2. The van der Waals surface area contributed by atoms with Gasteiger partial charge in [-0.25, -0.2) is 0 Å². The van der Waals surface area contributed by atoms with Gasteiger partial charge in [0, 0.05) is 0 Å². The fraction of sp³-hybridized carbons (Fsp3) is 0.316. The molecule has 2 rings (SSSR count). The van der Waals surface area contributed by atoms with Gasteiger partial charge in [0.25, 0.3) is 5.91 Å². The zero-order valence-electron chi connectivity index (χ0n) is 14.2. The highest BCUT2D eigenvalue weighted by atomic mass is 16.5. The van der Waals surface area contributed by atoms with Crippen molar-refractivity contribution in [2.24, 2.45) is 0 Å². The number of methoxy groups -OCH3 is 1. The number of para-hydroxylation sites is 2. The number of hydrogen-bond acceptors (Lipinski definition) is 4. The van der Waals surface area contributed by atoms with E-state index in [4.69, 9.17) is 14.2 Å². The van der Waals surface area contributed by atoms with Crippen LogP contribution in [0.2, 0.25) is 0 Å². The van der Waals surface area contributed by atoms with E-state index in [0.29, 0.717) is 24.7 Å². The van der Waals surface area contributed by atoms with Crippen LogP contribution in [0, 0.1) is 6.92 Å². The highest BCUT2D eigenvalue weighted by molar-refractivity contribution is 5.80. The number of carbonyl (C=O) groups excluding carboxylic acids is 1. The standard InChI is InChI=1S/C19H23NO4/c1-14-8-10-16(11-9-14)23-13-12-20-19(21)15(2)24-18-7-5-4-6-17(18)22-3/h4-11,15H,12-13H2,1-3H3,(H,20,21)/t15-/m1/s1. The second kappa shape index (κ2) is 8.82. The summed E-state index contributed by atoms with van der Waals surface area (Å²) in [5, 5.41) is 2.79. The Bertz CT molecular complexity index is 655. The SMILES string of the molecule is COc1ccccc1O[C@H](C)C(=O)NCCOc1ccc(C)cc1. The van der Waals surface area contributed by atoms with E-state index in [2.05, 4.69) is 5.32 Å². The zero-order valence-corrected chi connectivity index (χ0v) is 14.2. The van der Waals surface area contributed by atoms with E-state index in [1.54, 1.807) is 26.2 Å². The molecule has 5 heteroatoms. The Morgan fingerprint density at radius 3 is 2.42 bits per heavy atom. The first-order chi connectivity index (χ1) is 11.6. The highest BCUT2D eigenvalue weighted by Gasteiger charge is 2.16. The van der Waals surface area contributed by atoms with Crippen molar-refractivity contribution in [1.29, 1.82) is 0 Å². The molecule has 0 aliphatic heterocycles. The summed E-state index contributed by atoms with van der Waals surface area (Å²) in [6, 6.07) is 15.0. The molecule has 0 fully saturated rings. The van der Waals surface area contributed by atoms with Crippen molar-refractivity contribution in [3.05, 3.63) is 54.1 Å². The minimum Gasteiger partial charge on any atom is -0.493 e. The minimum atomic E-state index is -0.624. The molecule has 128 valence electrons. The lowest BCUT2D eigenvalue weighted by Crippen LogP contribution is -2.38. The van der Waals surface area contributed by atoms with Gasteiger partial charge in [-0.1, -0.05) is 29.8 Å². The molecular formula is C19H23NO4. The van der Waals surface area contributed by atoms with Gasteiger partial charge in [0.1, 0.15) is 12.4 Å². The molecule has 0 bridgehead atoms. The Hall–Kier alpha value is -2.69. The van der Waals surface area contributed by atoms with E-state index in [0.717, 1.165) is 5.75 Å². The first-order valence-corrected chi connectivity index (χ1v) is 7.87. The number of carbonyl (C=O) groups is 1. The monoisotopic (exact) mass is 329 g/mol. The predicted molar refractivity (Wildman–Crippen MR) is 92.8 cm³/mol. The summed E-state index contributed by atoms with van der Waals surface area (Å²) in [6.45, 7) is 4.53. The van der Waals surface area contributed by atoms with Crippen molar-refractivity contribution >= 4 is 5.91 Å². The second-order valence-electron chi connectivity index (χ2n) is 5.36. The van der Waals surface area contributed by atoms with Gasteiger partial charge in [0.2, 0.25) is 0 Å². The van der Waals surface area contributed by atoms with Crippen LogP contribution in [0.25, 0.3) is 0 Å². The fourth-order valence-corrected chi connectivity index (χ4v) is 2.08. The molecule has 0 saturated heterocycles. The van der Waals surface area contributed by atoms with Crippen molar-refractivity contribution in [1.82, 2.24) is 5.32 Å². The van der Waals surface area contributed by atoms with Crippen molar-refractivity contribution in [3.63, 3.8) is 0 Å². The van der Waals surface area contributed by atoms with Gasteiger partial charge in [0.05, 0.1) is 13.7 Å². The maximum Gasteiger partial charge on any atom is 0.260 e. The van der Waals surface area contributed by atoms with Crippen LogP contribution < -0.4 is 19.5 Å². The van der Waals surface area contributed by atoms with E-state index in [-0.39, 0.29) is 5.91 Å². The Morgan fingerprint density at radius 1 is 1.08 bits per heavy atom. The van der Waals surface area contributed by atoms with Gasteiger partial charge < -0.3 is 19.5 Å². The van der Waals surface area contributed by atoms with Crippen molar-refractivity contribution < 1.29 is 19.0 Å². The smallest absolute Gasteiger partial charge is 0.260 e. The Balaban J connectivity index is 1.74. The molecule has 24 heavy (non-hydrogen) atoms. The summed E-state index contributed by atoms with van der Waals surface area (Å²) in [7, 11) is 1.56. The molecule has 0 radical (unpaired) electrons. The maximum atomic E-state index is 12.1. The highest BCUT2D eigenvalue weighted by Crippen LogP contribution is 2.26. The first-order valence-electron chi connectivity index (χ1n) is 7.87. The van der Waals surface area contributed by atoms with Crippen LogP contribution in [-0.4, -0.2) is 32.3 Å². The van der Waals surface area contributed by atoms with Crippen LogP contribution in [0.1, 0.15) is 12.5 Å². The molecule has 0 unspecified atom stereocenters. The van der Waals surface area contributed by atoms with Crippen LogP contribution in [0.15, 0.2) is 48.5 Å². The summed E-state index contributed by atoms with van der Waals surface area (Å²) in [4.78, 5) is 12.1. The third kappa shape index (κ3) is 5.19. The lowest BCUT2D eigenvalue weighted by Gasteiger charge is -2.16. The molecule has 1 N–H and O–H groups in total. The zero-order chi connectivity index (χ0) is 17.4. The molecule has 0 spiro atoms. The Kier molecular flexibility index (Phi) is 6.49. The predicted octanol–water partition coefficient (Wildman–Crippen LogP) is 2.97. The number of amides is 1. The molecule has 0 saturated carbocycles. The average Bonchev–Trinajstić information content (AvgIpc) is 2.60. The molecule has 1 amide bonds. The van der Waals surface area contributed by atoms with E-state index >= 15 is 0 Å². The van der Waals surface area contributed by atoms with E-state index < -0.39 is 6.10 Å². The average molecular weight is 329 g/mol. The van der Waals surface area contributed by atoms with E-state index in [9.17, 15) is 4.79 Å². The summed E-state index contributed by atoms with van der Waals surface area (Å²) >= 11 is 0. The van der Waals surface area contributed by atoms with E-state index in [1.165, 1.54) is 5.56 Å². The third-order valence-electron chi connectivity index (χ3n) is 3.43. The molecule has 2 aromatic rings. The summed E-state index contributed by atoms with van der Waals surface area (Å²) in [5.74, 6) is 1.72. The van der Waals surface area contributed by atoms with Gasteiger partial charge in [0.15, 0.2) is 17.6 Å². The first kappa shape index (κ1) is 17.7. The summed E-state index contributed by atoms with van der Waals surface area (Å²) < 4.78 is 16.4. The molecule has 0 heterocycles. The van der Waals surface area contributed by atoms with Crippen molar-refractivity contribution in [2.45, 2.75) is 20.0 Å². The Labute approximate surface area is 142 Å². The molecule has 0 aromatic heterocycles. The van der Waals surface area contributed by atoms with Crippen LogP contribution in [-0.2, 0) is 4.79 Å². The molecule has 0 aliphatic rings. The molecular weight excluding hydrogens is 306 g/mol. The summed E-state index contributed by atoms with van der Waals surface area (Å²) in [6.07, 6.45) is -0.624. The molecule has 5 nitrogen and oxygen atoms in total. The lowest BCUT2D eigenvalue weighted by molar-refractivity contribution is -0.127. The van der Waals surface area contributed by atoms with Gasteiger partial charge in [-0.05, 0) is 38.1 Å². The van der Waals surface area contributed by atoms with Gasteiger partial charge in [-0.3, -0.25) is 4.79 Å². The number of rotatable bonds is 8. The van der Waals surface area contributed by atoms with Gasteiger partial charge in [-0.2, -0.15) is 0 Å². The van der Waals surface area contributed by atoms with Crippen LogP contribution in [0.4, 0.5) is 0 Å². The van der Waals surface area contributed by atoms with Crippen LogP contribution in [0.5, 0.6) is 17.2 Å². The largest absolute Gasteiger partial charge is 0.493 e. The van der Waals surface area contributed by atoms with Crippen LogP contribution >= 0.6 is 0 Å². The number of aryl methyl sites for hydroxylation is 1. The number of benzene rings is 2. The van der Waals surface area contributed by atoms with Crippen molar-refractivity contribution in [3.8, 4) is 17.2 Å². The minimum absolute atomic E-state index is 0.201. The topological polar surface area (TPSA) is 56.8 Å². The third-order valence-corrected chi connectivity index (χ3v) is 3.43. The normalized spacial score (nSPS) is 11.5. The molecule has 0 aliphatic carbocycles. The molecule has 1 atom stereocenters. The summed E-state index contributed by atoms with van der Waals surface area (Å²) in [5.41, 5.74) is 1.18. The number of ether oxygens (including phenoxy) is 3. The quantitative estimate of drug-likeness (QED) is 0.757. The number of nitrogens with one attached hydrogen (secondary N) is 1. The Morgan fingerprint density at radius 2 is 1.75 bits per heavy atom. The van der Waals surface area contributed by atoms with E-state index in [1.807, 2.05) is 43.3 Å². The number of hydrogen-bond donors (Lipinski definition) is 1. The maximum absolute atomic E-state index is 12.1. The molecule has 2 aromatic carbocycles. The fourth-order valence-electron chi connectivity index (χ4n) is 2.08. The second-order valence-corrected chi connectivity index (χ2v) is 5.36. The van der Waals surface area contributed by atoms with Crippen LogP contribution in [0.3, 0.4) is 0 Å². The van der Waals surface area contributed by atoms with Crippen molar-refractivity contribution in [2.75, 3.05) is 20.3 Å².